The second-order valence-corrected chi connectivity index (χ2v) is 6.17. The Bertz CT molecular complexity index is 565. The van der Waals surface area contributed by atoms with Crippen LogP contribution in [0.3, 0.4) is 0 Å². The third-order valence-electron chi connectivity index (χ3n) is 4.72. The first-order valence-electron chi connectivity index (χ1n) is 8.32. The van der Waals surface area contributed by atoms with Crippen LogP contribution < -0.4 is 10.2 Å². The van der Waals surface area contributed by atoms with Gasteiger partial charge in [-0.3, -0.25) is 4.79 Å². The zero-order chi connectivity index (χ0) is 16.1. The molecule has 0 saturated carbocycles. The minimum atomic E-state index is -0.181. The number of pyridine rings is 1. The molecule has 5 heteroatoms. The Morgan fingerprint density at radius 3 is 2.83 bits per heavy atom. The smallest absolute Gasteiger partial charge is 0.253 e. The summed E-state index contributed by atoms with van der Waals surface area (Å²) in [6.07, 6.45) is 11.9. The van der Waals surface area contributed by atoms with Gasteiger partial charge in [0.25, 0.3) is 5.91 Å². The molecule has 5 nitrogen and oxygen atoms in total. The first-order valence-corrected chi connectivity index (χ1v) is 8.32. The van der Waals surface area contributed by atoms with Gasteiger partial charge in [0.05, 0.1) is 18.2 Å². The monoisotopic (exact) mass is 313 g/mol. The molecule has 23 heavy (non-hydrogen) atoms. The van der Waals surface area contributed by atoms with Crippen molar-refractivity contribution in [1.82, 2.24) is 10.3 Å². The Hall–Kier alpha value is -2.06. The van der Waals surface area contributed by atoms with E-state index in [4.69, 9.17) is 11.2 Å². The summed E-state index contributed by atoms with van der Waals surface area (Å²) >= 11 is 0. The highest BCUT2D eigenvalue weighted by Gasteiger charge is 2.29. The normalized spacial score (nSPS) is 21.9. The molecule has 1 amide bonds. The first-order chi connectivity index (χ1) is 11.3. The molecule has 2 aliphatic heterocycles. The maximum Gasteiger partial charge on any atom is 0.253 e. The zero-order valence-corrected chi connectivity index (χ0v) is 13.3. The van der Waals surface area contributed by atoms with Gasteiger partial charge in [0.15, 0.2) is 0 Å². The van der Waals surface area contributed by atoms with Gasteiger partial charge in [-0.25, -0.2) is 4.98 Å². The van der Waals surface area contributed by atoms with E-state index in [9.17, 15) is 4.79 Å². The Labute approximate surface area is 137 Å². The van der Waals surface area contributed by atoms with Crippen LogP contribution in [0.5, 0.6) is 0 Å². The van der Waals surface area contributed by atoms with Crippen molar-refractivity contribution in [2.45, 2.75) is 31.8 Å². The number of aromatic nitrogens is 1. The number of carbonyl (C=O) groups excluding carboxylic acids is 1. The molecular weight excluding hydrogens is 290 g/mol. The van der Waals surface area contributed by atoms with E-state index in [0.29, 0.717) is 17.6 Å². The van der Waals surface area contributed by atoms with Crippen LogP contribution in [-0.4, -0.2) is 43.2 Å². The molecular formula is C18H23N3O2. The number of nitrogens with zero attached hydrogens (tertiary/aromatic N) is 2. The van der Waals surface area contributed by atoms with E-state index < -0.39 is 0 Å². The van der Waals surface area contributed by atoms with Gasteiger partial charge in [-0.15, -0.1) is 6.42 Å². The molecule has 3 heterocycles. The number of terminal acetylenes is 1. The lowest BCUT2D eigenvalue weighted by Gasteiger charge is -2.35. The topological polar surface area (TPSA) is 54.5 Å². The quantitative estimate of drug-likeness (QED) is 0.862. The summed E-state index contributed by atoms with van der Waals surface area (Å²) in [6, 6.07) is 3.72. The zero-order valence-electron chi connectivity index (χ0n) is 13.3. The number of rotatable bonds is 4. The van der Waals surface area contributed by atoms with E-state index in [1.165, 1.54) is 12.8 Å². The average Bonchev–Trinajstić information content (AvgIpc) is 3.14. The highest BCUT2D eigenvalue weighted by atomic mass is 16.5. The molecule has 1 unspecified atom stereocenters. The number of nitrogens with one attached hydrogen (secondary N) is 1. The summed E-state index contributed by atoms with van der Waals surface area (Å²) in [5, 5.41) is 2.64. The predicted molar refractivity (Wildman–Crippen MR) is 89.3 cm³/mol. The van der Waals surface area contributed by atoms with Crippen LogP contribution in [0.4, 0.5) is 5.82 Å². The molecule has 122 valence electrons. The third-order valence-corrected chi connectivity index (χ3v) is 4.72. The minimum Gasteiger partial charge on any atom is -0.378 e. The van der Waals surface area contributed by atoms with Crippen molar-refractivity contribution < 1.29 is 9.53 Å². The van der Waals surface area contributed by atoms with Crippen LogP contribution in [0.25, 0.3) is 0 Å². The van der Waals surface area contributed by atoms with Crippen molar-refractivity contribution in [3.63, 3.8) is 0 Å². The fourth-order valence-electron chi connectivity index (χ4n) is 3.42. The maximum atomic E-state index is 11.8. The molecule has 3 rings (SSSR count). The second kappa shape index (κ2) is 7.47. The maximum absolute atomic E-state index is 11.8. The second-order valence-electron chi connectivity index (χ2n) is 6.17. The summed E-state index contributed by atoms with van der Waals surface area (Å²) in [7, 11) is 0. The Morgan fingerprint density at radius 1 is 1.39 bits per heavy atom. The highest BCUT2D eigenvalue weighted by molar-refractivity contribution is 5.94. The summed E-state index contributed by atoms with van der Waals surface area (Å²) in [5.41, 5.74) is 0.540. The van der Waals surface area contributed by atoms with Gasteiger partial charge in [0.2, 0.25) is 0 Å². The van der Waals surface area contributed by atoms with Crippen LogP contribution in [-0.2, 0) is 4.74 Å². The Morgan fingerprint density at radius 2 is 2.22 bits per heavy atom. The van der Waals surface area contributed by atoms with E-state index in [-0.39, 0.29) is 12.5 Å². The largest absolute Gasteiger partial charge is 0.378 e. The van der Waals surface area contributed by atoms with Crippen LogP contribution in [0.15, 0.2) is 18.3 Å². The lowest BCUT2D eigenvalue weighted by molar-refractivity contribution is 0.0531. The SMILES string of the molecule is C#CCNC(=O)c1ccc(N2CCC(C3CCCO3)CC2)nc1. The van der Waals surface area contributed by atoms with Crippen molar-refractivity contribution in [3.05, 3.63) is 23.9 Å². The van der Waals surface area contributed by atoms with Crippen molar-refractivity contribution in [3.8, 4) is 12.3 Å². The lowest BCUT2D eigenvalue weighted by Crippen LogP contribution is -2.38. The molecule has 1 N–H and O–H groups in total. The highest BCUT2D eigenvalue weighted by Crippen LogP contribution is 2.30. The van der Waals surface area contributed by atoms with Gasteiger partial charge in [-0.05, 0) is 43.7 Å². The first kappa shape index (κ1) is 15.8. The van der Waals surface area contributed by atoms with Gasteiger partial charge >= 0.3 is 0 Å². The molecule has 2 saturated heterocycles. The molecule has 0 aliphatic carbocycles. The molecule has 2 aliphatic rings. The third kappa shape index (κ3) is 3.83. The molecule has 0 aromatic carbocycles. The Balaban J connectivity index is 1.54. The van der Waals surface area contributed by atoms with Gasteiger partial charge in [0.1, 0.15) is 5.82 Å². The minimum absolute atomic E-state index is 0.181. The fourth-order valence-corrected chi connectivity index (χ4v) is 3.42. The van der Waals surface area contributed by atoms with Gasteiger partial charge in [-0.2, -0.15) is 0 Å². The van der Waals surface area contributed by atoms with Crippen LogP contribution in [0, 0.1) is 18.3 Å². The van der Waals surface area contributed by atoms with Crippen molar-refractivity contribution >= 4 is 11.7 Å². The van der Waals surface area contributed by atoms with Crippen molar-refractivity contribution in [2.75, 3.05) is 31.1 Å². The number of amides is 1. The van der Waals surface area contributed by atoms with Crippen molar-refractivity contribution in [1.29, 1.82) is 0 Å². The predicted octanol–water partition coefficient (Wildman–Crippen LogP) is 1.84. The number of ether oxygens (including phenoxy) is 1. The number of piperidine rings is 1. The molecule has 2 fully saturated rings. The van der Waals surface area contributed by atoms with E-state index in [0.717, 1.165) is 38.4 Å². The van der Waals surface area contributed by atoms with Crippen molar-refractivity contribution in [2.24, 2.45) is 5.92 Å². The number of hydrogen-bond acceptors (Lipinski definition) is 4. The number of anilines is 1. The number of hydrogen-bond donors (Lipinski definition) is 1. The van der Waals surface area contributed by atoms with Gasteiger partial charge < -0.3 is 15.0 Å². The summed E-state index contributed by atoms with van der Waals surface area (Å²) in [4.78, 5) is 18.5. The summed E-state index contributed by atoms with van der Waals surface area (Å²) < 4.78 is 5.82. The summed E-state index contributed by atoms with van der Waals surface area (Å²) in [5.74, 6) is 3.82. The molecule has 1 aromatic rings. The molecule has 1 aromatic heterocycles. The van der Waals surface area contributed by atoms with Crippen LogP contribution in [0.2, 0.25) is 0 Å². The Kier molecular flexibility index (Phi) is 5.14. The van der Waals surface area contributed by atoms with Crippen LogP contribution in [0.1, 0.15) is 36.0 Å². The average molecular weight is 313 g/mol. The molecule has 0 bridgehead atoms. The summed E-state index contributed by atoms with van der Waals surface area (Å²) in [6.45, 7) is 3.16. The lowest BCUT2D eigenvalue weighted by atomic mass is 9.90. The van der Waals surface area contributed by atoms with Gasteiger partial charge in [0, 0.05) is 25.9 Å². The fraction of sp³-hybridized carbons (Fsp3) is 0.556. The van der Waals surface area contributed by atoms with Gasteiger partial charge in [-0.1, -0.05) is 5.92 Å². The van der Waals surface area contributed by atoms with Crippen LogP contribution >= 0.6 is 0 Å². The van der Waals surface area contributed by atoms with E-state index in [1.807, 2.05) is 6.07 Å². The van der Waals surface area contributed by atoms with E-state index in [1.54, 1.807) is 12.3 Å². The van der Waals surface area contributed by atoms with E-state index in [2.05, 4.69) is 21.1 Å². The number of carbonyl (C=O) groups is 1. The molecule has 1 atom stereocenters. The molecule has 0 radical (unpaired) electrons. The standard InChI is InChI=1S/C18H23N3O2/c1-2-9-19-18(22)15-5-6-17(20-13-15)21-10-7-14(8-11-21)16-4-3-12-23-16/h1,5-6,13-14,16H,3-4,7-12H2,(H,19,22). The molecule has 0 spiro atoms. The van der Waals surface area contributed by atoms with E-state index >= 15 is 0 Å².